The molecule has 0 amide bonds. The van der Waals surface area contributed by atoms with Crippen LogP contribution in [0.4, 0.5) is 0 Å². The highest BCUT2D eigenvalue weighted by atomic mass is 32.2. The summed E-state index contributed by atoms with van der Waals surface area (Å²) in [7, 11) is -3.53. The van der Waals surface area contributed by atoms with Crippen molar-refractivity contribution in [2.24, 2.45) is 0 Å². The molecule has 1 saturated heterocycles. The van der Waals surface area contributed by atoms with Crippen LogP contribution in [0.2, 0.25) is 0 Å². The molecule has 7 nitrogen and oxygen atoms in total. The van der Waals surface area contributed by atoms with Crippen molar-refractivity contribution in [2.75, 3.05) is 0 Å². The number of pyridine rings is 1. The number of sulfonamides is 1. The first kappa shape index (κ1) is 16.6. The molecular weight excluding hydrogens is 362 g/mol. The van der Waals surface area contributed by atoms with Crippen molar-refractivity contribution in [1.29, 1.82) is 0 Å². The number of hydrogen-bond acceptors (Lipinski definition) is 5. The van der Waals surface area contributed by atoms with E-state index in [0.29, 0.717) is 17.9 Å². The lowest BCUT2D eigenvalue weighted by Crippen LogP contribution is -2.42. The first-order valence-electron chi connectivity index (χ1n) is 9.05. The maximum atomic E-state index is 13.3. The van der Waals surface area contributed by atoms with Gasteiger partial charge in [-0.2, -0.15) is 4.31 Å². The van der Waals surface area contributed by atoms with Gasteiger partial charge >= 0.3 is 0 Å². The van der Waals surface area contributed by atoms with Gasteiger partial charge in [-0.25, -0.2) is 8.42 Å². The highest BCUT2D eigenvalue weighted by Crippen LogP contribution is 2.37. The summed E-state index contributed by atoms with van der Waals surface area (Å²) in [5.74, 6) is 1.59. The van der Waals surface area contributed by atoms with Crippen molar-refractivity contribution in [3.05, 3.63) is 60.7 Å². The zero-order valence-corrected chi connectivity index (χ0v) is 15.5. The predicted molar refractivity (Wildman–Crippen MR) is 99.2 cm³/mol. The van der Waals surface area contributed by atoms with Gasteiger partial charge in [-0.15, -0.1) is 10.2 Å². The van der Waals surface area contributed by atoms with E-state index in [9.17, 15) is 8.42 Å². The van der Waals surface area contributed by atoms with Crippen molar-refractivity contribution >= 4 is 10.0 Å². The van der Waals surface area contributed by atoms with Gasteiger partial charge in [-0.1, -0.05) is 18.2 Å². The van der Waals surface area contributed by atoms with Crippen molar-refractivity contribution < 1.29 is 8.42 Å². The van der Waals surface area contributed by atoms with Gasteiger partial charge in [-0.3, -0.25) is 4.98 Å². The normalized spacial score (nSPS) is 22.4. The van der Waals surface area contributed by atoms with Crippen LogP contribution in [0.25, 0.3) is 11.4 Å². The molecule has 3 aromatic rings. The Balaban J connectivity index is 1.55. The third-order valence-corrected chi connectivity index (χ3v) is 7.45. The molecule has 0 aliphatic carbocycles. The minimum atomic E-state index is -3.53. The fourth-order valence-corrected chi connectivity index (χ4v) is 6.10. The molecule has 0 saturated carbocycles. The van der Waals surface area contributed by atoms with E-state index in [1.54, 1.807) is 41.0 Å². The highest BCUT2D eigenvalue weighted by molar-refractivity contribution is 7.89. The summed E-state index contributed by atoms with van der Waals surface area (Å²) in [5, 5.41) is 8.72. The number of fused-ring (bicyclic) bond motifs is 3. The Kier molecular flexibility index (Phi) is 3.84. The predicted octanol–water partition coefficient (Wildman–Crippen LogP) is 2.12. The van der Waals surface area contributed by atoms with E-state index in [2.05, 4.69) is 19.7 Å². The lowest BCUT2D eigenvalue weighted by molar-refractivity contribution is 0.316. The summed E-state index contributed by atoms with van der Waals surface area (Å²) < 4.78 is 30.4. The van der Waals surface area contributed by atoms with Gasteiger partial charge in [0, 0.05) is 43.0 Å². The zero-order chi connectivity index (χ0) is 18.4. The third kappa shape index (κ3) is 2.67. The minimum absolute atomic E-state index is 0.0765. The lowest BCUT2D eigenvalue weighted by atomic mass is 10.1. The largest absolute Gasteiger partial charge is 0.309 e. The molecule has 0 radical (unpaired) electrons. The van der Waals surface area contributed by atoms with E-state index < -0.39 is 10.0 Å². The summed E-state index contributed by atoms with van der Waals surface area (Å²) in [6, 6.07) is 12.3. The maximum absolute atomic E-state index is 13.3. The van der Waals surface area contributed by atoms with Crippen molar-refractivity contribution in [3.8, 4) is 11.4 Å². The van der Waals surface area contributed by atoms with Gasteiger partial charge < -0.3 is 4.57 Å². The van der Waals surface area contributed by atoms with Crippen LogP contribution in [0.5, 0.6) is 0 Å². The Hall–Kier alpha value is -2.58. The summed E-state index contributed by atoms with van der Waals surface area (Å²) in [6.45, 7) is 0.565. The van der Waals surface area contributed by atoms with Crippen molar-refractivity contribution in [2.45, 2.75) is 42.8 Å². The van der Waals surface area contributed by atoms with E-state index in [1.807, 2.05) is 18.2 Å². The number of benzene rings is 1. The number of aromatic nitrogens is 4. The lowest BCUT2D eigenvalue weighted by Gasteiger charge is -2.27. The molecule has 8 heteroatoms. The second kappa shape index (κ2) is 6.24. The summed E-state index contributed by atoms with van der Waals surface area (Å²) in [6.07, 6.45) is 5.76. The van der Waals surface area contributed by atoms with Crippen LogP contribution in [0.3, 0.4) is 0 Å². The van der Waals surface area contributed by atoms with Crippen molar-refractivity contribution in [1.82, 2.24) is 24.1 Å². The van der Waals surface area contributed by atoms with Crippen LogP contribution in [0.15, 0.2) is 59.8 Å². The molecule has 1 aromatic carbocycles. The summed E-state index contributed by atoms with van der Waals surface area (Å²) in [4.78, 5) is 4.52. The molecular formula is C19H19N5O2S. The van der Waals surface area contributed by atoms with E-state index in [4.69, 9.17) is 0 Å². The Bertz CT molecular complexity index is 1070. The molecule has 5 rings (SSSR count). The first-order valence-corrected chi connectivity index (χ1v) is 10.5. The van der Waals surface area contributed by atoms with Crippen LogP contribution in [0, 0.1) is 0 Å². The molecule has 2 aromatic heterocycles. The van der Waals surface area contributed by atoms with Gasteiger partial charge in [-0.05, 0) is 37.1 Å². The molecule has 2 atom stereocenters. The van der Waals surface area contributed by atoms with Gasteiger partial charge in [0.2, 0.25) is 10.0 Å². The van der Waals surface area contributed by atoms with Gasteiger partial charge in [0.15, 0.2) is 5.82 Å². The number of rotatable bonds is 3. The molecule has 0 unspecified atom stereocenters. The minimum Gasteiger partial charge on any atom is -0.309 e. The zero-order valence-electron chi connectivity index (χ0n) is 14.6. The molecule has 4 heterocycles. The SMILES string of the molecule is O=S(=O)(c1ccccc1)N1[C@@H]2CC[C@H]1Cc1nnc(-c3cccnc3)n1C2. The Morgan fingerprint density at radius 1 is 0.963 bits per heavy atom. The third-order valence-electron chi connectivity index (χ3n) is 5.43. The summed E-state index contributed by atoms with van der Waals surface area (Å²) in [5.41, 5.74) is 0.895. The Labute approximate surface area is 157 Å². The second-order valence-corrected chi connectivity index (χ2v) is 8.87. The average Bonchev–Trinajstić information content (AvgIpc) is 3.23. The van der Waals surface area contributed by atoms with E-state index >= 15 is 0 Å². The summed E-state index contributed by atoms with van der Waals surface area (Å²) >= 11 is 0. The Morgan fingerprint density at radius 2 is 1.78 bits per heavy atom. The molecule has 2 aliphatic rings. The van der Waals surface area contributed by atoms with Crippen LogP contribution in [0.1, 0.15) is 18.7 Å². The Morgan fingerprint density at radius 3 is 2.56 bits per heavy atom. The van der Waals surface area contributed by atoms with Gasteiger partial charge in [0.05, 0.1) is 4.90 Å². The molecule has 27 heavy (non-hydrogen) atoms. The topological polar surface area (TPSA) is 81.0 Å². The molecule has 0 N–H and O–H groups in total. The van der Waals surface area contributed by atoms with E-state index in [-0.39, 0.29) is 12.1 Å². The quantitative estimate of drug-likeness (QED) is 0.694. The van der Waals surface area contributed by atoms with E-state index in [0.717, 1.165) is 30.1 Å². The average molecular weight is 381 g/mol. The second-order valence-electron chi connectivity index (χ2n) is 7.03. The monoisotopic (exact) mass is 381 g/mol. The smallest absolute Gasteiger partial charge is 0.243 e. The molecule has 0 spiro atoms. The molecule has 2 bridgehead atoms. The number of nitrogens with zero attached hydrogens (tertiary/aromatic N) is 5. The molecule has 2 aliphatic heterocycles. The van der Waals surface area contributed by atoms with Gasteiger partial charge in [0.1, 0.15) is 5.82 Å². The maximum Gasteiger partial charge on any atom is 0.243 e. The fourth-order valence-electron chi connectivity index (χ4n) is 4.22. The molecule has 138 valence electrons. The van der Waals surface area contributed by atoms with E-state index in [1.165, 1.54) is 0 Å². The van der Waals surface area contributed by atoms with Crippen molar-refractivity contribution in [3.63, 3.8) is 0 Å². The van der Waals surface area contributed by atoms with Crippen LogP contribution < -0.4 is 0 Å². The standard InChI is InChI=1S/C19H19N5O2S/c25-27(26,17-6-2-1-3-7-17)24-15-8-9-16(24)13-23-18(11-15)21-22-19(23)14-5-4-10-20-12-14/h1-7,10,12,15-16H,8-9,11,13H2/t15-,16+/m0/s1. The highest BCUT2D eigenvalue weighted by Gasteiger charge is 2.45. The van der Waals surface area contributed by atoms with Crippen LogP contribution >= 0.6 is 0 Å². The number of hydrogen-bond donors (Lipinski definition) is 0. The van der Waals surface area contributed by atoms with Crippen LogP contribution in [-0.4, -0.2) is 44.6 Å². The first-order chi connectivity index (χ1) is 13.1. The van der Waals surface area contributed by atoms with Gasteiger partial charge in [0.25, 0.3) is 0 Å². The molecule has 1 fully saturated rings. The fraction of sp³-hybridized carbons (Fsp3) is 0.316. The van der Waals surface area contributed by atoms with Crippen LogP contribution in [-0.2, 0) is 23.0 Å².